The van der Waals surface area contributed by atoms with Crippen molar-refractivity contribution >= 4 is 11.9 Å². The first-order valence-electron chi connectivity index (χ1n) is 27.1. The van der Waals surface area contributed by atoms with Gasteiger partial charge in [-0.3, -0.25) is 9.59 Å². The minimum Gasteiger partial charge on any atom is -0.462 e. The number of esters is 1. The van der Waals surface area contributed by atoms with E-state index in [1.807, 2.05) is 0 Å². The number of allylic oxidation sites excluding steroid dienone is 18. The third-order valence-corrected chi connectivity index (χ3v) is 11.6. The maximum Gasteiger partial charge on any atom is 0.306 e. The Morgan fingerprint density at radius 1 is 0.455 bits per heavy atom. The highest BCUT2D eigenvalue weighted by atomic mass is 16.5. The zero-order chi connectivity index (χ0) is 48.1. The van der Waals surface area contributed by atoms with Crippen molar-refractivity contribution in [1.82, 2.24) is 5.32 Å². The quantitative estimate of drug-likeness (QED) is 0.0321. The molecule has 0 spiro atoms. The average Bonchev–Trinajstić information content (AvgIpc) is 3.31. The number of rotatable bonds is 47. The SMILES string of the molecule is CC/C=C\C/C=C\C/C=C\C/C=C\C/C=C\CCCC(CC(=O)NC(CO)C(O)CCCCCCCCCCCCCCCC)OC(=O)CCCCC/C=C/C/C=C/C/C=C/C/C=C/CC. The lowest BCUT2D eigenvalue weighted by atomic mass is 10.0. The van der Waals surface area contributed by atoms with Gasteiger partial charge in [0.15, 0.2) is 0 Å². The van der Waals surface area contributed by atoms with E-state index in [9.17, 15) is 19.8 Å². The van der Waals surface area contributed by atoms with Gasteiger partial charge in [-0.25, -0.2) is 0 Å². The van der Waals surface area contributed by atoms with Crippen LogP contribution in [0.4, 0.5) is 0 Å². The van der Waals surface area contributed by atoms with Gasteiger partial charge in [0.1, 0.15) is 6.10 Å². The minimum atomic E-state index is -0.815. The van der Waals surface area contributed by atoms with Crippen LogP contribution < -0.4 is 5.32 Å². The van der Waals surface area contributed by atoms with E-state index in [0.717, 1.165) is 116 Å². The van der Waals surface area contributed by atoms with Crippen molar-refractivity contribution in [2.45, 2.75) is 251 Å². The van der Waals surface area contributed by atoms with Crippen LogP contribution in [0.3, 0.4) is 0 Å². The first kappa shape index (κ1) is 62.5. The summed E-state index contributed by atoms with van der Waals surface area (Å²) < 4.78 is 5.90. The van der Waals surface area contributed by atoms with Crippen LogP contribution in [0, 0.1) is 0 Å². The summed E-state index contributed by atoms with van der Waals surface area (Å²) in [6, 6.07) is -0.734. The van der Waals surface area contributed by atoms with Crippen molar-refractivity contribution in [1.29, 1.82) is 0 Å². The van der Waals surface area contributed by atoms with E-state index in [-0.39, 0.29) is 24.9 Å². The fourth-order valence-electron chi connectivity index (χ4n) is 7.57. The summed E-state index contributed by atoms with van der Waals surface area (Å²) in [5, 5.41) is 23.8. The molecule has 3 unspecified atom stereocenters. The van der Waals surface area contributed by atoms with Gasteiger partial charge in [-0.1, -0.05) is 226 Å². The minimum absolute atomic E-state index is 0.0192. The molecule has 0 aliphatic carbocycles. The number of carbonyl (C=O) groups excluding carboxylic acids is 2. The molecule has 0 aromatic heterocycles. The summed E-state index contributed by atoms with van der Waals surface area (Å²) in [5.74, 6) is -0.574. The molecule has 0 aliphatic heterocycles. The molecule has 1 amide bonds. The largest absolute Gasteiger partial charge is 0.462 e. The third-order valence-electron chi connectivity index (χ3n) is 11.6. The molecule has 0 aliphatic rings. The van der Waals surface area contributed by atoms with E-state index in [1.54, 1.807) is 0 Å². The Balaban J connectivity index is 4.76. The topological polar surface area (TPSA) is 95.9 Å². The van der Waals surface area contributed by atoms with Gasteiger partial charge in [0, 0.05) is 6.42 Å². The summed E-state index contributed by atoms with van der Waals surface area (Å²) in [4.78, 5) is 26.2. The van der Waals surface area contributed by atoms with Crippen LogP contribution in [0.25, 0.3) is 0 Å². The lowest BCUT2D eigenvalue weighted by Crippen LogP contribution is -2.46. The number of carbonyl (C=O) groups is 2. The number of ether oxygens (including phenoxy) is 1. The van der Waals surface area contributed by atoms with Crippen molar-refractivity contribution in [3.05, 3.63) is 109 Å². The molecule has 0 bridgehead atoms. The second-order valence-electron chi connectivity index (χ2n) is 17.9. The van der Waals surface area contributed by atoms with Gasteiger partial charge in [0.05, 0.1) is 25.2 Å². The predicted molar refractivity (Wildman–Crippen MR) is 287 cm³/mol. The summed E-state index contributed by atoms with van der Waals surface area (Å²) >= 11 is 0. The van der Waals surface area contributed by atoms with Gasteiger partial charge in [-0.05, 0) is 103 Å². The second-order valence-corrected chi connectivity index (χ2v) is 17.9. The number of unbranched alkanes of at least 4 members (excludes halogenated alkanes) is 17. The van der Waals surface area contributed by atoms with Crippen molar-refractivity contribution in [2.75, 3.05) is 6.61 Å². The number of aliphatic hydroxyl groups is 2. The average molecular weight is 916 g/mol. The Bertz CT molecular complexity index is 1350. The number of aliphatic hydroxyl groups excluding tert-OH is 2. The third kappa shape index (κ3) is 47.0. The fourth-order valence-corrected chi connectivity index (χ4v) is 7.57. The first-order valence-corrected chi connectivity index (χ1v) is 27.1. The molecule has 376 valence electrons. The molecule has 0 aromatic carbocycles. The second kappa shape index (κ2) is 52.5. The van der Waals surface area contributed by atoms with E-state index in [4.69, 9.17) is 4.74 Å². The van der Waals surface area contributed by atoms with E-state index in [1.165, 1.54) is 70.6 Å². The Kier molecular flexibility index (Phi) is 49.7. The van der Waals surface area contributed by atoms with Crippen LogP contribution in [-0.4, -0.2) is 46.9 Å². The Labute approximate surface area is 407 Å². The molecule has 0 fully saturated rings. The Morgan fingerprint density at radius 2 is 0.833 bits per heavy atom. The Morgan fingerprint density at radius 3 is 1.26 bits per heavy atom. The molecule has 3 N–H and O–H groups in total. The van der Waals surface area contributed by atoms with Crippen LogP contribution in [0.2, 0.25) is 0 Å². The van der Waals surface area contributed by atoms with E-state index < -0.39 is 18.2 Å². The van der Waals surface area contributed by atoms with Crippen LogP contribution in [0.1, 0.15) is 233 Å². The summed E-state index contributed by atoms with van der Waals surface area (Å²) in [7, 11) is 0. The van der Waals surface area contributed by atoms with Gasteiger partial charge in [-0.15, -0.1) is 0 Å². The van der Waals surface area contributed by atoms with Crippen molar-refractivity contribution in [2.24, 2.45) is 0 Å². The van der Waals surface area contributed by atoms with Crippen molar-refractivity contribution in [3.63, 3.8) is 0 Å². The van der Waals surface area contributed by atoms with Gasteiger partial charge in [0.25, 0.3) is 0 Å². The summed E-state index contributed by atoms with van der Waals surface area (Å²) in [6.07, 6.45) is 71.5. The standard InChI is InChI=1S/C60H101NO5/c1-4-7-10-13-16-19-22-25-28-30-31-33-36-39-42-45-48-51-56(66-60(65)53-50-47-44-41-38-35-32-29-26-23-20-17-14-11-8-5-2)54-59(64)61-57(55-62)58(63)52-49-46-43-40-37-34-27-24-21-18-15-12-9-6-3/h7-8,10-11,16-17,19-20,25-26,28-29,31,33,35,38-39,42,56-58,62-63H,4-6,9,12-15,18,21-24,27,30,32,34,36-37,40-41,43-55H2,1-3H3,(H,61,64)/b10-7-,11-8+,19-16-,20-17+,28-25-,29-26+,33-31-,38-35+,42-39-. The van der Waals surface area contributed by atoms with Gasteiger partial charge >= 0.3 is 5.97 Å². The van der Waals surface area contributed by atoms with Crippen molar-refractivity contribution < 1.29 is 24.5 Å². The van der Waals surface area contributed by atoms with E-state index in [2.05, 4.69) is 135 Å². The molecule has 6 heteroatoms. The van der Waals surface area contributed by atoms with Crippen LogP contribution >= 0.6 is 0 Å². The normalized spacial score (nSPS) is 14.1. The molecular formula is C60H101NO5. The highest BCUT2D eigenvalue weighted by molar-refractivity contribution is 5.77. The van der Waals surface area contributed by atoms with Gasteiger partial charge in [0.2, 0.25) is 5.91 Å². The van der Waals surface area contributed by atoms with E-state index in [0.29, 0.717) is 19.3 Å². The molecule has 0 radical (unpaired) electrons. The highest BCUT2D eigenvalue weighted by Crippen LogP contribution is 2.17. The maximum atomic E-state index is 13.2. The molecule has 0 aromatic rings. The molecular weight excluding hydrogens is 815 g/mol. The maximum absolute atomic E-state index is 13.2. The lowest BCUT2D eigenvalue weighted by molar-refractivity contribution is -0.151. The molecule has 0 rings (SSSR count). The zero-order valence-corrected chi connectivity index (χ0v) is 42.8. The molecule has 3 atom stereocenters. The monoisotopic (exact) mass is 916 g/mol. The fraction of sp³-hybridized carbons (Fsp3) is 0.667. The van der Waals surface area contributed by atoms with Crippen LogP contribution in [0.5, 0.6) is 0 Å². The first-order chi connectivity index (χ1) is 32.5. The predicted octanol–water partition coefficient (Wildman–Crippen LogP) is 16.7. The molecule has 6 nitrogen and oxygen atoms in total. The van der Waals surface area contributed by atoms with Crippen LogP contribution in [-0.2, 0) is 14.3 Å². The number of hydrogen-bond acceptors (Lipinski definition) is 5. The zero-order valence-electron chi connectivity index (χ0n) is 42.8. The molecule has 0 saturated carbocycles. The van der Waals surface area contributed by atoms with Gasteiger partial charge in [-0.2, -0.15) is 0 Å². The molecule has 0 saturated heterocycles. The van der Waals surface area contributed by atoms with E-state index >= 15 is 0 Å². The Hall–Kier alpha value is -3.48. The summed E-state index contributed by atoms with van der Waals surface area (Å²) in [6.45, 7) is 6.23. The summed E-state index contributed by atoms with van der Waals surface area (Å²) in [5.41, 5.74) is 0. The number of nitrogens with one attached hydrogen (secondary N) is 1. The van der Waals surface area contributed by atoms with Crippen molar-refractivity contribution in [3.8, 4) is 0 Å². The number of hydrogen-bond donors (Lipinski definition) is 3. The number of amides is 1. The molecule has 66 heavy (non-hydrogen) atoms. The van der Waals surface area contributed by atoms with Crippen LogP contribution in [0.15, 0.2) is 109 Å². The van der Waals surface area contributed by atoms with Gasteiger partial charge < -0.3 is 20.3 Å². The highest BCUT2D eigenvalue weighted by Gasteiger charge is 2.24. The molecule has 0 heterocycles. The smallest absolute Gasteiger partial charge is 0.306 e. The lowest BCUT2D eigenvalue weighted by Gasteiger charge is -2.24.